The fourth-order valence-electron chi connectivity index (χ4n) is 4.83. The number of piperazine rings is 1. The quantitative estimate of drug-likeness (QED) is 0.395. The lowest BCUT2D eigenvalue weighted by atomic mass is 9.96. The summed E-state index contributed by atoms with van der Waals surface area (Å²) >= 11 is 12.4. The topological polar surface area (TPSA) is 73.4 Å². The molecule has 0 radical (unpaired) electrons. The van der Waals surface area contributed by atoms with E-state index in [0.29, 0.717) is 40.8 Å². The van der Waals surface area contributed by atoms with E-state index in [2.05, 4.69) is 44.8 Å². The standard InChI is InChI=1S/C27H30Cl2N6O/c28-22-7-4-8-23(29)25(22)33-27(36)35-17-15-34(16-18-35)21-11-9-19(10-12-21)24-13-14-30-26(32-24)31-20-5-2-1-3-6-20/h4,7-14,20H,1-3,5-6,15-18H2,(H,33,36)(H,30,31,32). The van der Waals surface area contributed by atoms with Gasteiger partial charge in [0.25, 0.3) is 0 Å². The smallest absolute Gasteiger partial charge is 0.322 e. The van der Waals surface area contributed by atoms with E-state index in [4.69, 9.17) is 28.2 Å². The van der Waals surface area contributed by atoms with Crippen molar-refractivity contribution in [2.45, 2.75) is 38.1 Å². The van der Waals surface area contributed by atoms with Crippen molar-refractivity contribution in [2.75, 3.05) is 41.7 Å². The molecule has 1 saturated carbocycles. The van der Waals surface area contributed by atoms with Crippen molar-refractivity contribution in [3.8, 4) is 11.3 Å². The van der Waals surface area contributed by atoms with Gasteiger partial charge in [-0.15, -0.1) is 0 Å². The van der Waals surface area contributed by atoms with Crippen LogP contribution in [0, 0.1) is 0 Å². The van der Waals surface area contributed by atoms with Crippen molar-refractivity contribution in [3.63, 3.8) is 0 Å². The number of aromatic nitrogens is 2. The first-order valence-corrected chi connectivity index (χ1v) is 13.3. The second kappa shape index (κ2) is 11.4. The molecular formula is C27H30Cl2N6O. The third kappa shape index (κ3) is 5.85. The van der Waals surface area contributed by atoms with Crippen LogP contribution in [-0.4, -0.2) is 53.1 Å². The third-order valence-electron chi connectivity index (χ3n) is 6.88. The van der Waals surface area contributed by atoms with Gasteiger partial charge in [-0.2, -0.15) is 0 Å². The number of benzene rings is 2. The molecule has 0 atom stereocenters. The molecular weight excluding hydrogens is 495 g/mol. The van der Waals surface area contributed by atoms with Gasteiger partial charge in [-0.25, -0.2) is 14.8 Å². The third-order valence-corrected chi connectivity index (χ3v) is 7.51. The number of nitrogens with zero attached hydrogens (tertiary/aromatic N) is 4. The summed E-state index contributed by atoms with van der Waals surface area (Å²) in [6, 6.07) is 15.8. The molecule has 2 heterocycles. The monoisotopic (exact) mass is 524 g/mol. The van der Waals surface area contributed by atoms with Crippen LogP contribution in [-0.2, 0) is 0 Å². The molecule has 2 aromatic carbocycles. The van der Waals surface area contributed by atoms with E-state index in [9.17, 15) is 4.79 Å². The van der Waals surface area contributed by atoms with Crippen LogP contribution in [0.3, 0.4) is 0 Å². The first-order valence-electron chi connectivity index (χ1n) is 12.5. The molecule has 0 spiro atoms. The summed E-state index contributed by atoms with van der Waals surface area (Å²) in [5.41, 5.74) is 3.55. The first kappa shape index (κ1) is 24.7. The number of carbonyl (C=O) groups excluding carboxylic acids is 1. The molecule has 3 aromatic rings. The molecule has 188 valence electrons. The second-order valence-corrected chi connectivity index (χ2v) is 10.1. The molecule has 2 N–H and O–H groups in total. The molecule has 2 aliphatic rings. The molecule has 1 saturated heterocycles. The number of hydrogen-bond acceptors (Lipinski definition) is 5. The minimum Gasteiger partial charge on any atom is -0.368 e. The maximum atomic E-state index is 12.7. The van der Waals surface area contributed by atoms with E-state index in [-0.39, 0.29) is 6.03 Å². The summed E-state index contributed by atoms with van der Waals surface area (Å²) in [5.74, 6) is 0.705. The zero-order chi connectivity index (χ0) is 24.9. The number of para-hydroxylation sites is 1. The average Bonchev–Trinajstić information content (AvgIpc) is 2.92. The molecule has 1 aliphatic heterocycles. The van der Waals surface area contributed by atoms with Gasteiger partial charge in [-0.1, -0.05) is 60.7 Å². The molecule has 2 amide bonds. The normalized spacial score (nSPS) is 16.6. The summed E-state index contributed by atoms with van der Waals surface area (Å²) in [6.45, 7) is 2.70. The summed E-state index contributed by atoms with van der Waals surface area (Å²) in [4.78, 5) is 26.0. The van der Waals surface area contributed by atoms with Crippen LogP contribution >= 0.6 is 23.2 Å². The first-order chi connectivity index (χ1) is 17.6. The van der Waals surface area contributed by atoms with E-state index in [1.165, 1.54) is 32.1 Å². The van der Waals surface area contributed by atoms with Crippen molar-refractivity contribution < 1.29 is 4.79 Å². The highest BCUT2D eigenvalue weighted by Crippen LogP contribution is 2.30. The van der Waals surface area contributed by atoms with Crippen LogP contribution in [0.1, 0.15) is 32.1 Å². The number of hydrogen-bond donors (Lipinski definition) is 2. The molecule has 0 unspecified atom stereocenters. The fraction of sp³-hybridized carbons (Fsp3) is 0.370. The average molecular weight is 525 g/mol. The number of nitrogens with one attached hydrogen (secondary N) is 2. The van der Waals surface area contributed by atoms with Crippen LogP contribution in [0.25, 0.3) is 11.3 Å². The van der Waals surface area contributed by atoms with Gasteiger partial charge in [0.2, 0.25) is 5.95 Å². The molecule has 36 heavy (non-hydrogen) atoms. The van der Waals surface area contributed by atoms with E-state index in [1.54, 1.807) is 23.1 Å². The number of anilines is 3. The van der Waals surface area contributed by atoms with Gasteiger partial charge in [0.05, 0.1) is 21.4 Å². The highest BCUT2D eigenvalue weighted by Gasteiger charge is 2.23. The predicted molar refractivity (Wildman–Crippen MR) is 147 cm³/mol. The molecule has 7 nitrogen and oxygen atoms in total. The van der Waals surface area contributed by atoms with Crippen molar-refractivity contribution >= 4 is 46.6 Å². The van der Waals surface area contributed by atoms with Crippen molar-refractivity contribution in [1.29, 1.82) is 0 Å². The van der Waals surface area contributed by atoms with Gasteiger partial charge in [0.15, 0.2) is 0 Å². The van der Waals surface area contributed by atoms with Crippen LogP contribution in [0.15, 0.2) is 54.7 Å². The van der Waals surface area contributed by atoms with Gasteiger partial charge in [0, 0.05) is 49.7 Å². The summed E-state index contributed by atoms with van der Waals surface area (Å²) in [6.07, 6.45) is 8.06. The van der Waals surface area contributed by atoms with E-state index in [0.717, 1.165) is 30.0 Å². The Morgan fingerprint density at radius 2 is 1.58 bits per heavy atom. The maximum Gasteiger partial charge on any atom is 0.322 e. The predicted octanol–water partition coefficient (Wildman–Crippen LogP) is 6.55. The van der Waals surface area contributed by atoms with Gasteiger partial charge in [-0.05, 0) is 43.2 Å². The molecule has 5 rings (SSSR count). The fourth-order valence-corrected chi connectivity index (χ4v) is 5.32. The van der Waals surface area contributed by atoms with Crippen LogP contribution in [0.2, 0.25) is 10.0 Å². The molecule has 0 bridgehead atoms. The molecule has 2 fully saturated rings. The maximum absolute atomic E-state index is 12.7. The highest BCUT2D eigenvalue weighted by molar-refractivity contribution is 6.39. The van der Waals surface area contributed by atoms with Crippen LogP contribution in [0.5, 0.6) is 0 Å². The number of rotatable bonds is 5. The minimum atomic E-state index is -0.193. The molecule has 9 heteroatoms. The minimum absolute atomic E-state index is 0.193. The van der Waals surface area contributed by atoms with Crippen LogP contribution in [0.4, 0.5) is 22.1 Å². The van der Waals surface area contributed by atoms with E-state index in [1.807, 2.05) is 12.3 Å². The van der Waals surface area contributed by atoms with Gasteiger partial charge in [0.1, 0.15) is 0 Å². The largest absolute Gasteiger partial charge is 0.368 e. The Kier molecular flexibility index (Phi) is 7.78. The zero-order valence-electron chi connectivity index (χ0n) is 20.1. The number of halogens is 2. The summed E-state index contributed by atoms with van der Waals surface area (Å²) in [5, 5.41) is 7.20. The summed E-state index contributed by atoms with van der Waals surface area (Å²) in [7, 11) is 0. The Morgan fingerprint density at radius 3 is 2.28 bits per heavy atom. The lowest BCUT2D eigenvalue weighted by molar-refractivity contribution is 0.208. The Bertz CT molecular complexity index is 1170. The highest BCUT2D eigenvalue weighted by atomic mass is 35.5. The molecule has 1 aliphatic carbocycles. The summed E-state index contributed by atoms with van der Waals surface area (Å²) < 4.78 is 0. The number of urea groups is 1. The molecule has 1 aromatic heterocycles. The Balaban J connectivity index is 1.17. The van der Waals surface area contributed by atoms with Crippen molar-refractivity contribution in [2.24, 2.45) is 0 Å². The second-order valence-electron chi connectivity index (χ2n) is 9.29. The zero-order valence-corrected chi connectivity index (χ0v) is 21.6. The Morgan fingerprint density at radius 1 is 0.889 bits per heavy atom. The van der Waals surface area contributed by atoms with Gasteiger partial charge < -0.3 is 20.4 Å². The van der Waals surface area contributed by atoms with Gasteiger partial charge in [-0.3, -0.25) is 0 Å². The SMILES string of the molecule is O=C(Nc1c(Cl)cccc1Cl)N1CCN(c2ccc(-c3ccnc(NC4CCCCC4)n3)cc2)CC1. The van der Waals surface area contributed by atoms with Gasteiger partial charge >= 0.3 is 6.03 Å². The van der Waals surface area contributed by atoms with Crippen LogP contribution < -0.4 is 15.5 Å². The van der Waals surface area contributed by atoms with E-state index >= 15 is 0 Å². The number of amides is 2. The van der Waals surface area contributed by atoms with Crippen molar-refractivity contribution in [3.05, 3.63) is 64.8 Å². The lowest BCUT2D eigenvalue weighted by Crippen LogP contribution is -2.50. The lowest BCUT2D eigenvalue weighted by Gasteiger charge is -2.36. The van der Waals surface area contributed by atoms with Crippen molar-refractivity contribution in [1.82, 2.24) is 14.9 Å². The Labute approximate surface area is 221 Å². The Hall–Kier alpha value is -3.03. The van der Waals surface area contributed by atoms with E-state index < -0.39 is 0 Å². The number of carbonyl (C=O) groups is 1.